The second-order valence-electron chi connectivity index (χ2n) is 7.47. The van der Waals surface area contributed by atoms with Crippen molar-refractivity contribution in [2.45, 2.75) is 13.1 Å². The van der Waals surface area contributed by atoms with Crippen molar-refractivity contribution >= 4 is 23.2 Å². The fraction of sp³-hybridized carbons (Fsp3) is 0.250. The quantitative estimate of drug-likeness (QED) is 0.547. The van der Waals surface area contributed by atoms with Gasteiger partial charge >= 0.3 is 0 Å². The molecule has 2 aromatic carbocycles. The molecular weight excluding hydrogens is 413 g/mol. The van der Waals surface area contributed by atoms with Crippen LogP contribution in [0.2, 0.25) is 0 Å². The Balaban J connectivity index is 1.93. The van der Waals surface area contributed by atoms with Crippen molar-refractivity contribution in [2.24, 2.45) is 0 Å². The topological polar surface area (TPSA) is 75.0 Å². The molecule has 8 heteroatoms. The standard InChI is InChI=1S/C24H26FN3O4/c1-27(2)22-11-10-20(26-23(29)16-31-3)13-18(22)14-28(15-21-5-4-12-32-21)24(30)17-6-8-19(25)9-7-17/h4-13H,14-16H2,1-3H3,(H,26,29). The molecule has 0 unspecified atom stereocenters. The Morgan fingerprint density at radius 1 is 1.06 bits per heavy atom. The summed E-state index contributed by atoms with van der Waals surface area (Å²) >= 11 is 0. The van der Waals surface area contributed by atoms with E-state index >= 15 is 0 Å². The van der Waals surface area contributed by atoms with Gasteiger partial charge in [0, 0.05) is 44.7 Å². The number of furan rings is 1. The second-order valence-corrected chi connectivity index (χ2v) is 7.47. The Morgan fingerprint density at radius 3 is 2.44 bits per heavy atom. The predicted octanol–water partition coefficient (Wildman–Crippen LogP) is 3.91. The number of nitrogens with one attached hydrogen (secondary N) is 1. The first-order valence-corrected chi connectivity index (χ1v) is 10.0. The number of rotatable bonds is 9. The summed E-state index contributed by atoms with van der Waals surface area (Å²) in [6.45, 7) is 0.424. The van der Waals surface area contributed by atoms with Crippen molar-refractivity contribution in [1.29, 1.82) is 0 Å². The van der Waals surface area contributed by atoms with Crippen molar-refractivity contribution in [3.8, 4) is 0 Å². The summed E-state index contributed by atoms with van der Waals surface area (Å²) in [4.78, 5) is 28.8. The van der Waals surface area contributed by atoms with Crippen molar-refractivity contribution in [1.82, 2.24) is 4.90 Å². The fourth-order valence-electron chi connectivity index (χ4n) is 3.33. The lowest BCUT2D eigenvalue weighted by Crippen LogP contribution is -2.31. The van der Waals surface area contributed by atoms with Crippen LogP contribution in [0.15, 0.2) is 65.3 Å². The van der Waals surface area contributed by atoms with Gasteiger partial charge in [-0.1, -0.05) is 0 Å². The maximum atomic E-state index is 13.4. The average molecular weight is 439 g/mol. The molecule has 0 aliphatic rings. The van der Waals surface area contributed by atoms with Gasteiger partial charge in [0.25, 0.3) is 5.91 Å². The minimum absolute atomic E-state index is 0.0571. The molecule has 0 radical (unpaired) electrons. The molecule has 0 atom stereocenters. The summed E-state index contributed by atoms with van der Waals surface area (Å²) in [6, 6.07) is 14.5. The highest BCUT2D eigenvalue weighted by Gasteiger charge is 2.20. The van der Waals surface area contributed by atoms with Gasteiger partial charge in [0.15, 0.2) is 0 Å². The van der Waals surface area contributed by atoms with Crippen LogP contribution in [0.25, 0.3) is 0 Å². The van der Waals surface area contributed by atoms with Gasteiger partial charge < -0.3 is 24.3 Å². The molecule has 168 valence electrons. The molecule has 0 aliphatic heterocycles. The van der Waals surface area contributed by atoms with Crippen LogP contribution in [0.4, 0.5) is 15.8 Å². The van der Waals surface area contributed by atoms with E-state index in [1.54, 1.807) is 29.4 Å². The highest BCUT2D eigenvalue weighted by molar-refractivity contribution is 5.94. The highest BCUT2D eigenvalue weighted by atomic mass is 19.1. The van der Waals surface area contributed by atoms with Gasteiger partial charge in [-0.05, 0) is 60.2 Å². The molecule has 3 aromatic rings. The number of carbonyl (C=O) groups excluding carboxylic acids is 2. The molecule has 0 bridgehead atoms. The molecule has 32 heavy (non-hydrogen) atoms. The van der Waals surface area contributed by atoms with E-state index in [0.717, 1.165) is 11.3 Å². The smallest absolute Gasteiger partial charge is 0.254 e. The average Bonchev–Trinajstić information content (AvgIpc) is 3.26. The number of nitrogens with zero attached hydrogens (tertiary/aromatic N) is 2. The number of halogens is 1. The minimum Gasteiger partial charge on any atom is -0.467 e. The van der Waals surface area contributed by atoms with Crippen LogP contribution in [0.1, 0.15) is 21.7 Å². The van der Waals surface area contributed by atoms with Crippen LogP contribution in [-0.4, -0.2) is 44.5 Å². The molecule has 0 fully saturated rings. The van der Waals surface area contributed by atoms with Gasteiger partial charge in [0.05, 0.1) is 12.8 Å². The number of ether oxygens (including phenoxy) is 1. The number of hydrogen-bond acceptors (Lipinski definition) is 5. The van der Waals surface area contributed by atoms with Crippen LogP contribution in [-0.2, 0) is 22.6 Å². The Kier molecular flexibility index (Phi) is 7.62. The summed E-state index contributed by atoms with van der Waals surface area (Å²) in [6.07, 6.45) is 1.55. The van der Waals surface area contributed by atoms with E-state index in [-0.39, 0.29) is 31.5 Å². The summed E-state index contributed by atoms with van der Waals surface area (Å²) in [5, 5.41) is 2.79. The molecule has 3 rings (SSSR count). The summed E-state index contributed by atoms with van der Waals surface area (Å²) in [5.74, 6) is -0.323. The number of benzene rings is 2. The SMILES string of the molecule is COCC(=O)Nc1ccc(N(C)C)c(CN(Cc2ccco2)C(=O)c2ccc(F)cc2)c1. The summed E-state index contributed by atoms with van der Waals surface area (Å²) < 4.78 is 23.7. The van der Waals surface area contributed by atoms with E-state index < -0.39 is 5.82 Å². The first-order chi connectivity index (χ1) is 15.4. The summed E-state index contributed by atoms with van der Waals surface area (Å²) in [5.41, 5.74) is 2.69. The normalized spacial score (nSPS) is 10.6. The molecule has 0 spiro atoms. The third-order valence-corrected chi connectivity index (χ3v) is 4.79. The molecule has 2 amide bonds. The van der Waals surface area contributed by atoms with Gasteiger partial charge in [-0.25, -0.2) is 4.39 Å². The van der Waals surface area contributed by atoms with Crippen molar-refractivity contribution in [2.75, 3.05) is 38.0 Å². The third-order valence-electron chi connectivity index (χ3n) is 4.79. The number of carbonyl (C=O) groups is 2. The molecule has 0 saturated carbocycles. The van der Waals surface area contributed by atoms with Crippen LogP contribution < -0.4 is 10.2 Å². The molecule has 1 N–H and O–H groups in total. The van der Waals surface area contributed by atoms with Gasteiger partial charge in [0.1, 0.15) is 18.2 Å². The van der Waals surface area contributed by atoms with E-state index in [0.29, 0.717) is 17.0 Å². The first-order valence-electron chi connectivity index (χ1n) is 10.0. The number of amides is 2. The number of methoxy groups -OCH3 is 1. The zero-order chi connectivity index (χ0) is 23.1. The summed E-state index contributed by atoms with van der Waals surface area (Å²) in [7, 11) is 5.26. The molecule has 7 nitrogen and oxygen atoms in total. The zero-order valence-corrected chi connectivity index (χ0v) is 18.3. The highest BCUT2D eigenvalue weighted by Crippen LogP contribution is 2.26. The minimum atomic E-state index is -0.409. The maximum absolute atomic E-state index is 13.4. The Labute approximate surface area is 186 Å². The van der Waals surface area contributed by atoms with Crippen LogP contribution in [0.3, 0.4) is 0 Å². The zero-order valence-electron chi connectivity index (χ0n) is 18.3. The van der Waals surface area contributed by atoms with Gasteiger partial charge in [-0.15, -0.1) is 0 Å². The van der Waals surface area contributed by atoms with E-state index in [4.69, 9.17) is 9.15 Å². The Bertz CT molecular complexity index is 1050. The van der Waals surface area contributed by atoms with Crippen molar-refractivity contribution < 1.29 is 23.1 Å². The maximum Gasteiger partial charge on any atom is 0.254 e. The number of anilines is 2. The molecule has 0 saturated heterocycles. The van der Waals surface area contributed by atoms with Crippen LogP contribution in [0, 0.1) is 5.82 Å². The van der Waals surface area contributed by atoms with Gasteiger partial charge in [-0.3, -0.25) is 9.59 Å². The molecule has 0 aliphatic carbocycles. The monoisotopic (exact) mass is 439 g/mol. The lowest BCUT2D eigenvalue weighted by molar-refractivity contribution is -0.119. The van der Waals surface area contributed by atoms with Crippen molar-refractivity contribution in [3.63, 3.8) is 0 Å². The fourth-order valence-corrected chi connectivity index (χ4v) is 3.33. The Hall–Kier alpha value is -3.65. The first kappa shape index (κ1) is 23.0. The van der Waals surface area contributed by atoms with E-state index in [1.807, 2.05) is 31.1 Å². The van der Waals surface area contributed by atoms with E-state index in [2.05, 4.69) is 5.32 Å². The van der Waals surface area contributed by atoms with Crippen LogP contribution in [0.5, 0.6) is 0 Å². The van der Waals surface area contributed by atoms with E-state index in [1.165, 1.54) is 31.4 Å². The third kappa shape index (κ3) is 5.95. The predicted molar refractivity (Wildman–Crippen MR) is 120 cm³/mol. The number of hydrogen-bond donors (Lipinski definition) is 1. The largest absolute Gasteiger partial charge is 0.467 e. The van der Waals surface area contributed by atoms with E-state index in [9.17, 15) is 14.0 Å². The molecule has 1 heterocycles. The van der Waals surface area contributed by atoms with Gasteiger partial charge in [0.2, 0.25) is 5.91 Å². The van der Waals surface area contributed by atoms with Crippen LogP contribution >= 0.6 is 0 Å². The lowest BCUT2D eigenvalue weighted by atomic mass is 10.1. The Morgan fingerprint density at radius 2 is 1.81 bits per heavy atom. The lowest BCUT2D eigenvalue weighted by Gasteiger charge is -2.26. The second kappa shape index (κ2) is 10.6. The van der Waals surface area contributed by atoms with Gasteiger partial charge in [-0.2, -0.15) is 0 Å². The van der Waals surface area contributed by atoms with Crippen molar-refractivity contribution in [3.05, 3.63) is 83.6 Å². The molecule has 1 aromatic heterocycles. The molecular formula is C24H26FN3O4.